The molecule has 0 bridgehead atoms. The first-order chi connectivity index (χ1) is 14.3. The van der Waals surface area contributed by atoms with E-state index >= 15 is 0 Å². The van der Waals surface area contributed by atoms with Gasteiger partial charge in [0.15, 0.2) is 6.10 Å². The van der Waals surface area contributed by atoms with E-state index in [1.807, 2.05) is 42.5 Å². The van der Waals surface area contributed by atoms with Crippen LogP contribution < -0.4 is 10.1 Å². The first-order valence-electron chi connectivity index (χ1n) is 10.5. The molecule has 1 atom stereocenters. The summed E-state index contributed by atoms with van der Waals surface area (Å²) < 4.78 is 5.91. The molecule has 156 valence electrons. The minimum Gasteiger partial charge on any atom is -0.481 e. The molecule has 1 N–H and O–H groups in total. The molecule has 1 unspecified atom stereocenters. The molecule has 1 amide bonds. The van der Waals surface area contributed by atoms with Gasteiger partial charge in [0.1, 0.15) is 5.75 Å². The van der Waals surface area contributed by atoms with Crippen molar-refractivity contribution in [3.05, 3.63) is 95.6 Å². The molecule has 30 heavy (non-hydrogen) atoms. The first-order valence-corrected chi connectivity index (χ1v) is 10.5. The van der Waals surface area contributed by atoms with Gasteiger partial charge < -0.3 is 10.1 Å². The number of anilines is 1. The van der Waals surface area contributed by atoms with Crippen LogP contribution in [0.25, 0.3) is 0 Å². The smallest absolute Gasteiger partial charge is 0.265 e. The van der Waals surface area contributed by atoms with Crippen LogP contribution in [0.5, 0.6) is 5.75 Å². The average molecular weight is 402 g/mol. The van der Waals surface area contributed by atoms with E-state index in [1.165, 1.54) is 11.1 Å². The Morgan fingerprint density at radius 2 is 1.37 bits per heavy atom. The van der Waals surface area contributed by atoms with Crippen molar-refractivity contribution in [1.82, 2.24) is 0 Å². The molecule has 0 aromatic heterocycles. The summed E-state index contributed by atoms with van der Waals surface area (Å²) in [6.45, 7) is 10.4. The maximum absolute atomic E-state index is 12.7. The van der Waals surface area contributed by atoms with Gasteiger partial charge in [-0.25, -0.2) is 0 Å². The lowest BCUT2D eigenvalue weighted by Crippen LogP contribution is -2.30. The van der Waals surface area contributed by atoms with Crippen LogP contribution in [-0.4, -0.2) is 12.0 Å². The molecule has 3 rings (SSSR count). The minimum absolute atomic E-state index is 0.108. The van der Waals surface area contributed by atoms with Crippen LogP contribution in [0.3, 0.4) is 0 Å². The van der Waals surface area contributed by atoms with E-state index < -0.39 is 6.10 Å². The summed E-state index contributed by atoms with van der Waals surface area (Å²) in [7, 11) is 0. The number of hydrogen-bond donors (Lipinski definition) is 1. The van der Waals surface area contributed by atoms with Crippen molar-refractivity contribution in [3.63, 3.8) is 0 Å². The van der Waals surface area contributed by atoms with E-state index in [-0.39, 0.29) is 11.3 Å². The molecule has 0 aliphatic heterocycles. The zero-order chi connectivity index (χ0) is 21.7. The molecule has 0 radical (unpaired) electrons. The highest BCUT2D eigenvalue weighted by molar-refractivity contribution is 5.94. The van der Waals surface area contributed by atoms with Gasteiger partial charge >= 0.3 is 0 Å². The fraction of sp³-hybridized carbons (Fsp3) is 0.296. The second-order valence-electron chi connectivity index (χ2n) is 8.51. The molecule has 3 nitrogen and oxygen atoms in total. The Balaban J connectivity index is 1.67. The van der Waals surface area contributed by atoms with Crippen LogP contribution in [0.4, 0.5) is 5.69 Å². The Kier molecular flexibility index (Phi) is 6.61. The van der Waals surface area contributed by atoms with E-state index in [4.69, 9.17) is 4.74 Å². The second-order valence-corrected chi connectivity index (χ2v) is 8.51. The van der Waals surface area contributed by atoms with Gasteiger partial charge in [0.25, 0.3) is 5.91 Å². The molecule has 0 spiro atoms. The molecule has 0 saturated carbocycles. The number of ether oxygens (including phenoxy) is 1. The van der Waals surface area contributed by atoms with Gasteiger partial charge in [0.2, 0.25) is 0 Å². The van der Waals surface area contributed by atoms with E-state index in [9.17, 15) is 4.79 Å². The Morgan fingerprint density at radius 1 is 0.800 bits per heavy atom. The number of carbonyl (C=O) groups is 1. The first kappa shape index (κ1) is 21.6. The lowest BCUT2D eigenvalue weighted by atomic mass is 9.78. The Hall–Kier alpha value is -3.07. The third-order valence-electron chi connectivity index (χ3n) is 5.59. The third kappa shape index (κ3) is 4.91. The Labute approximate surface area is 180 Å². The quantitative estimate of drug-likeness (QED) is 0.488. The summed E-state index contributed by atoms with van der Waals surface area (Å²) in [5, 5.41) is 3.01. The van der Waals surface area contributed by atoms with E-state index in [1.54, 1.807) is 6.92 Å². The monoisotopic (exact) mass is 401 g/mol. The summed E-state index contributed by atoms with van der Waals surface area (Å²) in [5.41, 5.74) is 4.31. The van der Waals surface area contributed by atoms with Crippen molar-refractivity contribution in [3.8, 4) is 5.75 Å². The molecule has 3 aromatic rings. The SMILES string of the molecule is CC(Oc1ccc(C(C)(C)c2ccccc2)cc1)C(=O)Nc1ccccc1C(C)C. The highest BCUT2D eigenvalue weighted by Crippen LogP contribution is 2.32. The van der Waals surface area contributed by atoms with Crippen molar-refractivity contribution < 1.29 is 9.53 Å². The molecule has 0 fully saturated rings. The molecule has 0 saturated heterocycles. The molecular formula is C27H31NO2. The maximum Gasteiger partial charge on any atom is 0.265 e. The molecule has 0 aliphatic rings. The number of benzene rings is 3. The number of para-hydroxylation sites is 1. The normalized spacial score (nSPS) is 12.5. The number of amides is 1. The summed E-state index contributed by atoms with van der Waals surface area (Å²) >= 11 is 0. The van der Waals surface area contributed by atoms with Gasteiger partial charge in [-0.15, -0.1) is 0 Å². The number of nitrogens with one attached hydrogen (secondary N) is 1. The van der Waals surface area contributed by atoms with Crippen LogP contribution in [0.2, 0.25) is 0 Å². The Bertz CT molecular complexity index is 975. The fourth-order valence-electron chi connectivity index (χ4n) is 3.58. The van der Waals surface area contributed by atoms with Crippen LogP contribution in [-0.2, 0) is 10.2 Å². The predicted octanol–water partition coefficient (Wildman–Crippen LogP) is 6.54. The molecule has 3 heteroatoms. The number of hydrogen-bond acceptors (Lipinski definition) is 2. The topological polar surface area (TPSA) is 38.3 Å². The van der Waals surface area contributed by atoms with Gasteiger partial charge in [-0.3, -0.25) is 4.79 Å². The fourth-order valence-corrected chi connectivity index (χ4v) is 3.58. The standard InChI is InChI=1S/C27H31NO2/c1-19(2)24-13-9-10-14-25(24)28-26(29)20(3)30-23-17-15-22(16-18-23)27(4,5)21-11-7-6-8-12-21/h6-20H,1-5H3,(H,28,29). The van der Waals surface area contributed by atoms with E-state index in [0.717, 1.165) is 11.3 Å². The van der Waals surface area contributed by atoms with Crippen molar-refractivity contribution in [2.45, 2.75) is 52.1 Å². The lowest BCUT2D eigenvalue weighted by molar-refractivity contribution is -0.122. The van der Waals surface area contributed by atoms with E-state index in [0.29, 0.717) is 11.7 Å². The van der Waals surface area contributed by atoms with Crippen molar-refractivity contribution in [1.29, 1.82) is 0 Å². The number of carbonyl (C=O) groups excluding carboxylic acids is 1. The van der Waals surface area contributed by atoms with E-state index in [2.05, 4.69) is 69.4 Å². The highest BCUT2D eigenvalue weighted by atomic mass is 16.5. The molecular weight excluding hydrogens is 370 g/mol. The summed E-state index contributed by atoms with van der Waals surface area (Å²) in [5.74, 6) is 0.859. The minimum atomic E-state index is -0.599. The Morgan fingerprint density at radius 3 is 2.00 bits per heavy atom. The van der Waals surface area contributed by atoms with Gasteiger partial charge in [-0.2, -0.15) is 0 Å². The highest BCUT2D eigenvalue weighted by Gasteiger charge is 2.23. The van der Waals surface area contributed by atoms with Crippen molar-refractivity contribution >= 4 is 11.6 Å². The van der Waals surface area contributed by atoms with Crippen molar-refractivity contribution in [2.24, 2.45) is 0 Å². The zero-order valence-electron chi connectivity index (χ0n) is 18.5. The number of rotatable bonds is 7. The molecule has 0 heterocycles. The van der Waals surface area contributed by atoms with Gasteiger partial charge in [-0.05, 0) is 47.7 Å². The molecule has 3 aromatic carbocycles. The summed E-state index contributed by atoms with van der Waals surface area (Å²) in [6, 6.07) is 26.3. The van der Waals surface area contributed by atoms with Gasteiger partial charge in [0.05, 0.1) is 0 Å². The van der Waals surface area contributed by atoms with Gasteiger partial charge in [0, 0.05) is 11.1 Å². The summed E-state index contributed by atoms with van der Waals surface area (Å²) in [6.07, 6.45) is -0.599. The van der Waals surface area contributed by atoms with Crippen LogP contribution in [0.15, 0.2) is 78.9 Å². The van der Waals surface area contributed by atoms with Gasteiger partial charge in [-0.1, -0.05) is 88.4 Å². The maximum atomic E-state index is 12.7. The van der Waals surface area contributed by atoms with Crippen molar-refractivity contribution in [2.75, 3.05) is 5.32 Å². The third-order valence-corrected chi connectivity index (χ3v) is 5.59. The van der Waals surface area contributed by atoms with Crippen LogP contribution in [0.1, 0.15) is 57.2 Å². The summed E-state index contributed by atoms with van der Waals surface area (Å²) in [4.78, 5) is 12.7. The van der Waals surface area contributed by atoms with Crippen LogP contribution in [0, 0.1) is 0 Å². The largest absolute Gasteiger partial charge is 0.481 e. The second kappa shape index (κ2) is 9.17. The van der Waals surface area contributed by atoms with Crippen LogP contribution >= 0.6 is 0 Å². The lowest BCUT2D eigenvalue weighted by Gasteiger charge is -2.26. The molecule has 0 aliphatic carbocycles. The zero-order valence-corrected chi connectivity index (χ0v) is 18.5. The predicted molar refractivity (Wildman–Crippen MR) is 124 cm³/mol. The average Bonchev–Trinajstić information content (AvgIpc) is 2.75.